The number of aliphatic hydroxyl groups is 2. The summed E-state index contributed by atoms with van der Waals surface area (Å²) in [4.78, 5) is 22.0. The van der Waals surface area contributed by atoms with Crippen molar-refractivity contribution in [2.75, 3.05) is 7.11 Å². The van der Waals surface area contributed by atoms with E-state index >= 15 is 0 Å². The molecule has 172 valence electrons. The molecule has 1 fully saturated rings. The first kappa shape index (κ1) is 22.0. The monoisotopic (exact) mass is 457 g/mol. The quantitative estimate of drug-likeness (QED) is 0.273. The summed E-state index contributed by atoms with van der Waals surface area (Å²) in [7, 11) is 1.50. The van der Waals surface area contributed by atoms with Crippen LogP contribution in [0, 0.1) is 0 Å². The molecule has 8 heteroatoms. The standard InChI is InChI=1S/C26H23N3O5/c1-33-25-21(24(31)23-26(32)29-23)19-12-27-11-10-20(19)28-22(25)17-6-2-16(3-7-17)14-34-18-8-4-15(13-30)5-9-18/h2-12,23,26,29-30,32H,13-14H2,1H3. The summed E-state index contributed by atoms with van der Waals surface area (Å²) >= 11 is 0. The molecule has 3 heterocycles. The molecule has 0 amide bonds. The number of nitrogens with zero attached hydrogens (tertiary/aromatic N) is 2. The highest BCUT2D eigenvalue weighted by Gasteiger charge is 2.43. The number of nitrogens with one attached hydrogen (secondary N) is 1. The number of hydrogen-bond donors (Lipinski definition) is 3. The number of Topliss-reactive ketones (excluding diaryl/α,β-unsaturated/α-hetero) is 1. The third kappa shape index (κ3) is 4.22. The van der Waals surface area contributed by atoms with Gasteiger partial charge in [-0.25, -0.2) is 4.98 Å². The van der Waals surface area contributed by atoms with E-state index in [1.165, 1.54) is 7.11 Å². The number of hydrogen-bond acceptors (Lipinski definition) is 8. The fraction of sp³-hybridized carbons (Fsp3) is 0.192. The van der Waals surface area contributed by atoms with Gasteiger partial charge in [-0.3, -0.25) is 15.1 Å². The van der Waals surface area contributed by atoms with Crippen LogP contribution in [0.3, 0.4) is 0 Å². The van der Waals surface area contributed by atoms with Crippen LogP contribution in [0.4, 0.5) is 0 Å². The maximum atomic E-state index is 13.1. The maximum Gasteiger partial charge on any atom is 0.188 e. The van der Waals surface area contributed by atoms with Gasteiger partial charge in [-0.2, -0.15) is 0 Å². The minimum atomic E-state index is -0.861. The van der Waals surface area contributed by atoms with Crippen molar-refractivity contribution >= 4 is 16.7 Å². The zero-order chi connectivity index (χ0) is 23.7. The molecule has 8 nitrogen and oxygen atoms in total. The zero-order valence-electron chi connectivity index (χ0n) is 18.4. The molecule has 2 aromatic heterocycles. The van der Waals surface area contributed by atoms with Crippen molar-refractivity contribution in [1.82, 2.24) is 15.3 Å². The predicted molar refractivity (Wildman–Crippen MR) is 125 cm³/mol. The SMILES string of the molecule is COc1c(-c2ccc(COc3ccc(CO)cc3)cc2)nc2ccncc2c1C(=O)C1NC1O. The Morgan fingerprint density at radius 2 is 1.76 bits per heavy atom. The van der Waals surface area contributed by atoms with Crippen LogP contribution in [0.25, 0.3) is 22.2 Å². The van der Waals surface area contributed by atoms with Gasteiger partial charge in [-0.15, -0.1) is 0 Å². The number of fused-ring (bicyclic) bond motifs is 1. The highest BCUT2D eigenvalue weighted by atomic mass is 16.5. The molecule has 0 aliphatic carbocycles. The molecule has 0 spiro atoms. The van der Waals surface area contributed by atoms with Crippen molar-refractivity contribution < 1.29 is 24.5 Å². The number of carbonyl (C=O) groups excluding carboxylic acids is 1. The summed E-state index contributed by atoms with van der Waals surface area (Å²) in [5.74, 6) is 0.800. The van der Waals surface area contributed by atoms with Crippen LogP contribution in [0.2, 0.25) is 0 Å². The average molecular weight is 457 g/mol. The van der Waals surface area contributed by atoms with Gasteiger partial charge in [0.25, 0.3) is 0 Å². The summed E-state index contributed by atoms with van der Waals surface area (Å²) in [6.07, 6.45) is 2.35. The van der Waals surface area contributed by atoms with Gasteiger partial charge < -0.3 is 19.7 Å². The second-order valence-electron chi connectivity index (χ2n) is 8.00. The van der Waals surface area contributed by atoms with Crippen molar-refractivity contribution in [1.29, 1.82) is 0 Å². The first-order valence-corrected chi connectivity index (χ1v) is 10.8. The first-order valence-electron chi connectivity index (χ1n) is 10.8. The zero-order valence-corrected chi connectivity index (χ0v) is 18.4. The van der Waals surface area contributed by atoms with Gasteiger partial charge in [-0.1, -0.05) is 36.4 Å². The Morgan fingerprint density at radius 3 is 2.41 bits per heavy atom. The molecule has 0 bridgehead atoms. The van der Waals surface area contributed by atoms with E-state index in [2.05, 4.69) is 10.3 Å². The molecule has 0 saturated carbocycles. The van der Waals surface area contributed by atoms with Crippen molar-refractivity contribution in [3.63, 3.8) is 0 Å². The minimum Gasteiger partial charge on any atom is -0.494 e. The van der Waals surface area contributed by atoms with Crippen LogP contribution >= 0.6 is 0 Å². The van der Waals surface area contributed by atoms with E-state index in [-0.39, 0.29) is 12.4 Å². The normalized spacial score (nSPS) is 16.9. The summed E-state index contributed by atoms with van der Waals surface area (Å²) in [6, 6.07) is 16.0. The van der Waals surface area contributed by atoms with Gasteiger partial charge in [0.15, 0.2) is 11.5 Å². The highest BCUT2D eigenvalue weighted by Crippen LogP contribution is 2.37. The van der Waals surface area contributed by atoms with E-state index in [0.29, 0.717) is 40.3 Å². The van der Waals surface area contributed by atoms with E-state index in [4.69, 9.17) is 19.6 Å². The predicted octanol–water partition coefficient (Wildman–Crippen LogP) is 2.85. The minimum absolute atomic E-state index is 0.00438. The lowest BCUT2D eigenvalue weighted by molar-refractivity contribution is 0.0973. The molecule has 2 atom stereocenters. The van der Waals surface area contributed by atoms with Crippen molar-refractivity contribution in [3.05, 3.63) is 83.7 Å². The van der Waals surface area contributed by atoms with Gasteiger partial charge in [0, 0.05) is 23.3 Å². The highest BCUT2D eigenvalue weighted by molar-refractivity contribution is 6.14. The number of aliphatic hydroxyl groups excluding tert-OH is 2. The molecule has 0 radical (unpaired) electrons. The van der Waals surface area contributed by atoms with Gasteiger partial charge in [0.2, 0.25) is 0 Å². The number of ketones is 1. The molecule has 34 heavy (non-hydrogen) atoms. The number of aromatic nitrogens is 2. The van der Waals surface area contributed by atoms with E-state index in [9.17, 15) is 9.90 Å². The molecule has 4 aromatic rings. The molecule has 2 unspecified atom stereocenters. The van der Waals surface area contributed by atoms with Gasteiger partial charge in [0.05, 0.1) is 24.8 Å². The second-order valence-corrected chi connectivity index (χ2v) is 8.00. The Labute approximate surface area is 195 Å². The first-order chi connectivity index (χ1) is 16.6. The number of benzene rings is 2. The number of methoxy groups -OCH3 is 1. The molecule has 5 rings (SSSR count). The summed E-state index contributed by atoms with van der Waals surface area (Å²) in [5, 5.41) is 22.2. The van der Waals surface area contributed by atoms with Crippen molar-refractivity contribution in [2.45, 2.75) is 25.5 Å². The lowest BCUT2D eigenvalue weighted by Gasteiger charge is -2.15. The van der Waals surface area contributed by atoms with Gasteiger partial charge in [-0.05, 0) is 29.3 Å². The van der Waals surface area contributed by atoms with Crippen molar-refractivity contribution in [3.8, 4) is 22.8 Å². The Bertz CT molecular complexity index is 1340. The number of rotatable bonds is 8. The van der Waals surface area contributed by atoms with Gasteiger partial charge >= 0.3 is 0 Å². The lowest BCUT2D eigenvalue weighted by Crippen LogP contribution is -2.15. The van der Waals surface area contributed by atoms with E-state index in [0.717, 1.165) is 16.7 Å². The molecule has 1 aliphatic heterocycles. The summed E-state index contributed by atoms with van der Waals surface area (Å²) in [6.45, 7) is 0.372. The van der Waals surface area contributed by atoms with Crippen LogP contribution in [0.15, 0.2) is 67.0 Å². The topological polar surface area (TPSA) is 124 Å². The Morgan fingerprint density at radius 1 is 1.06 bits per heavy atom. The van der Waals surface area contributed by atoms with Crippen LogP contribution < -0.4 is 14.8 Å². The van der Waals surface area contributed by atoms with Crippen molar-refractivity contribution in [2.24, 2.45) is 0 Å². The number of pyridine rings is 2. The summed E-state index contributed by atoms with van der Waals surface area (Å²) in [5.41, 5.74) is 4.07. The third-order valence-electron chi connectivity index (χ3n) is 5.77. The largest absolute Gasteiger partial charge is 0.494 e. The van der Waals surface area contributed by atoms with Gasteiger partial charge in [0.1, 0.15) is 30.3 Å². The average Bonchev–Trinajstić information content (AvgIpc) is 3.63. The van der Waals surface area contributed by atoms with E-state index in [1.54, 1.807) is 18.5 Å². The molecular formula is C26H23N3O5. The van der Waals surface area contributed by atoms with Crippen LogP contribution in [-0.4, -0.2) is 45.3 Å². The molecule has 3 N–H and O–H groups in total. The van der Waals surface area contributed by atoms with Crippen LogP contribution in [-0.2, 0) is 13.2 Å². The Balaban J connectivity index is 1.45. The molecule has 1 saturated heterocycles. The van der Waals surface area contributed by atoms with E-state index in [1.807, 2.05) is 48.5 Å². The lowest BCUT2D eigenvalue weighted by atomic mass is 9.98. The number of carbonyl (C=O) groups is 1. The van der Waals surface area contributed by atoms with Crippen LogP contribution in [0.5, 0.6) is 11.5 Å². The fourth-order valence-corrected chi connectivity index (χ4v) is 3.85. The Hall–Kier alpha value is -3.85. The molecule has 1 aliphatic rings. The summed E-state index contributed by atoms with van der Waals surface area (Å²) < 4.78 is 11.5. The molecular weight excluding hydrogens is 434 g/mol. The molecule has 2 aromatic carbocycles. The maximum absolute atomic E-state index is 13.1. The fourth-order valence-electron chi connectivity index (χ4n) is 3.85. The van der Waals surface area contributed by atoms with Crippen LogP contribution in [0.1, 0.15) is 21.5 Å². The number of ether oxygens (including phenoxy) is 2. The second kappa shape index (κ2) is 9.18. The Kier molecular flexibility index (Phi) is 5.93. The smallest absolute Gasteiger partial charge is 0.188 e. The van der Waals surface area contributed by atoms with E-state index < -0.39 is 12.3 Å². The third-order valence-corrected chi connectivity index (χ3v) is 5.77.